The fourth-order valence-corrected chi connectivity index (χ4v) is 6.48. The Balaban J connectivity index is 1.35. The smallest absolute Gasteiger partial charge is 0.408 e. The summed E-state index contributed by atoms with van der Waals surface area (Å²) in [6, 6.07) is 25.0. The normalized spacial score (nSPS) is 18.4. The lowest BCUT2D eigenvalue weighted by molar-refractivity contribution is -0.155. The molecule has 45 heavy (non-hydrogen) atoms. The van der Waals surface area contributed by atoms with Gasteiger partial charge in [-0.05, 0) is 43.0 Å². The number of rotatable bonds is 9. The highest BCUT2D eigenvalue weighted by Gasteiger charge is 2.55. The van der Waals surface area contributed by atoms with E-state index in [2.05, 4.69) is 10.6 Å². The molecule has 2 heterocycles. The Morgan fingerprint density at radius 2 is 1.44 bits per heavy atom. The average molecular weight is 630 g/mol. The number of hydrogen-bond donors (Lipinski definition) is 3. The minimum atomic E-state index is -1.14. The van der Waals surface area contributed by atoms with Gasteiger partial charge in [0.25, 0.3) is 5.91 Å². The quantitative estimate of drug-likeness (QED) is 0.237. The first-order valence-corrected chi connectivity index (χ1v) is 15.6. The molecular formula is C34H35N3O7S. The maximum Gasteiger partial charge on any atom is 0.408 e. The topological polar surface area (TPSA) is 134 Å². The number of hydrogen-bond acceptors (Lipinski definition) is 8. The molecule has 10 nitrogen and oxygen atoms in total. The molecule has 0 radical (unpaired) electrons. The molecule has 3 N–H and O–H groups in total. The molecule has 0 saturated carbocycles. The molecular weight excluding hydrogens is 594 g/mol. The highest BCUT2D eigenvalue weighted by atomic mass is 32.2. The molecule has 3 aromatic rings. The van der Waals surface area contributed by atoms with Crippen LogP contribution in [0.15, 0.2) is 102 Å². The summed E-state index contributed by atoms with van der Waals surface area (Å²) in [5, 5.41) is 14.9. The van der Waals surface area contributed by atoms with E-state index in [9.17, 15) is 24.3 Å². The summed E-state index contributed by atoms with van der Waals surface area (Å²) < 4.78 is 11.4. The van der Waals surface area contributed by atoms with Crippen molar-refractivity contribution in [3.63, 3.8) is 0 Å². The molecule has 11 heteroatoms. The number of aliphatic hydroxyl groups is 1. The second-order valence-electron chi connectivity index (χ2n) is 11.6. The van der Waals surface area contributed by atoms with Crippen LogP contribution in [0.2, 0.25) is 0 Å². The Hall–Kier alpha value is -4.61. The standard InChI is InChI=1S/C34H35N3O7S/c1-34(2,3)44-33(42)36-25(21-13-7-4-8-14-21)29(39)35-26-30(40)37-27(24(19-38)20-45-31(26)37)32(41)43-28(22-15-9-5-10-16-22)23-17-11-6-12-18-23/h4-18,25-26,28,31,38H,19-20H2,1-3H3,(H,35,39)(H,36,42)/t25-,26+,31-/m0/s1. The number of carbonyl (C=O) groups excluding carboxylic acids is 4. The highest BCUT2D eigenvalue weighted by Crippen LogP contribution is 2.41. The number of ether oxygens (including phenoxy) is 2. The number of β-lactam (4-membered cyclic amide) rings is 1. The van der Waals surface area contributed by atoms with E-state index >= 15 is 0 Å². The van der Waals surface area contributed by atoms with E-state index in [4.69, 9.17) is 9.47 Å². The first-order chi connectivity index (χ1) is 21.6. The van der Waals surface area contributed by atoms with Gasteiger partial charge in [-0.1, -0.05) is 91.0 Å². The van der Waals surface area contributed by atoms with Crippen LogP contribution in [0.1, 0.15) is 49.6 Å². The molecule has 1 saturated heterocycles. The number of nitrogens with zero attached hydrogens (tertiary/aromatic N) is 1. The van der Waals surface area contributed by atoms with Gasteiger partial charge in [0, 0.05) is 5.75 Å². The number of amides is 3. The minimum Gasteiger partial charge on any atom is -0.448 e. The number of nitrogens with one attached hydrogen (secondary N) is 2. The van der Waals surface area contributed by atoms with Crippen LogP contribution in [0.25, 0.3) is 0 Å². The van der Waals surface area contributed by atoms with Crippen LogP contribution in [-0.2, 0) is 23.9 Å². The Bertz CT molecular complexity index is 1540. The summed E-state index contributed by atoms with van der Waals surface area (Å²) in [4.78, 5) is 54.8. The zero-order chi connectivity index (χ0) is 32.1. The molecule has 0 unspecified atom stereocenters. The number of thioether (sulfide) groups is 1. The zero-order valence-electron chi connectivity index (χ0n) is 25.1. The van der Waals surface area contributed by atoms with Gasteiger partial charge in [-0.3, -0.25) is 14.5 Å². The van der Waals surface area contributed by atoms with Gasteiger partial charge in [0.05, 0.1) is 6.61 Å². The molecule has 0 aliphatic carbocycles. The monoisotopic (exact) mass is 629 g/mol. The van der Waals surface area contributed by atoms with E-state index in [-0.39, 0.29) is 11.4 Å². The second-order valence-corrected chi connectivity index (χ2v) is 12.7. The van der Waals surface area contributed by atoms with Gasteiger partial charge in [0.2, 0.25) is 5.91 Å². The van der Waals surface area contributed by atoms with Gasteiger partial charge >= 0.3 is 12.1 Å². The molecule has 0 spiro atoms. The molecule has 5 rings (SSSR count). The second kappa shape index (κ2) is 13.6. The lowest BCUT2D eigenvalue weighted by Gasteiger charge is -2.50. The van der Waals surface area contributed by atoms with Gasteiger partial charge in [-0.25, -0.2) is 9.59 Å². The molecule has 1 fully saturated rings. The highest BCUT2D eigenvalue weighted by molar-refractivity contribution is 8.00. The fourth-order valence-electron chi connectivity index (χ4n) is 5.15. The third-order valence-electron chi connectivity index (χ3n) is 7.21. The molecule has 3 atom stereocenters. The van der Waals surface area contributed by atoms with E-state index in [0.717, 1.165) is 11.1 Å². The van der Waals surface area contributed by atoms with Gasteiger partial charge in [0.1, 0.15) is 28.8 Å². The maximum absolute atomic E-state index is 13.8. The van der Waals surface area contributed by atoms with Crippen molar-refractivity contribution in [2.24, 2.45) is 0 Å². The number of carbonyl (C=O) groups is 4. The molecule has 2 aliphatic rings. The van der Waals surface area contributed by atoms with Crippen molar-refractivity contribution >= 4 is 35.6 Å². The van der Waals surface area contributed by atoms with Crippen molar-refractivity contribution in [3.8, 4) is 0 Å². The lowest BCUT2D eigenvalue weighted by atomic mass is 10.00. The van der Waals surface area contributed by atoms with Crippen LogP contribution in [-0.4, -0.2) is 63.3 Å². The van der Waals surface area contributed by atoms with Crippen LogP contribution in [0.5, 0.6) is 0 Å². The van der Waals surface area contributed by atoms with Crippen LogP contribution in [0, 0.1) is 0 Å². The molecule has 3 aromatic carbocycles. The third-order valence-corrected chi connectivity index (χ3v) is 8.55. The van der Waals surface area contributed by atoms with E-state index in [1.807, 2.05) is 60.7 Å². The van der Waals surface area contributed by atoms with Gasteiger partial charge in [-0.2, -0.15) is 0 Å². The number of fused-ring (bicyclic) bond motifs is 1. The Morgan fingerprint density at radius 1 is 0.911 bits per heavy atom. The van der Waals surface area contributed by atoms with Crippen molar-refractivity contribution in [3.05, 3.63) is 119 Å². The van der Waals surface area contributed by atoms with Crippen molar-refractivity contribution in [1.29, 1.82) is 0 Å². The van der Waals surface area contributed by atoms with Crippen molar-refractivity contribution in [2.45, 2.75) is 49.9 Å². The molecule has 2 aliphatic heterocycles. The minimum absolute atomic E-state index is 0.0277. The molecule has 234 valence electrons. The predicted octanol–water partition coefficient (Wildman–Crippen LogP) is 4.23. The van der Waals surface area contributed by atoms with Gasteiger partial charge in [0.15, 0.2) is 6.10 Å². The summed E-state index contributed by atoms with van der Waals surface area (Å²) in [5.41, 5.74) is 1.53. The largest absolute Gasteiger partial charge is 0.448 e. The maximum atomic E-state index is 13.8. The first-order valence-electron chi connectivity index (χ1n) is 14.5. The van der Waals surface area contributed by atoms with E-state index < -0.39 is 59.6 Å². The number of benzene rings is 3. The average Bonchev–Trinajstić information content (AvgIpc) is 3.04. The summed E-state index contributed by atoms with van der Waals surface area (Å²) >= 11 is 1.31. The van der Waals surface area contributed by atoms with E-state index in [0.29, 0.717) is 11.1 Å². The lowest BCUT2D eigenvalue weighted by Crippen LogP contribution is -2.71. The molecule has 0 aromatic heterocycles. The first kappa shape index (κ1) is 31.8. The van der Waals surface area contributed by atoms with Crippen molar-refractivity contribution in [1.82, 2.24) is 15.5 Å². The summed E-state index contributed by atoms with van der Waals surface area (Å²) in [5.74, 6) is -1.64. The van der Waals surface area contributed by atoms with Crippen LogP contribution >= 0.6 is 11.8 Å². The number of esters is 1. The summed E-state index contributed by atoms with van der Waals surface area (Å²) in [6.45, 7) is 4.70. The molecule has 0 bridgehead atoms. The van der Waals surface area contributed by atoms with E-state index in [1.165, 1.54) is 16.7 Å². The van der Waals surface area contributed by atoms with E-state index in [1.54, 1.807) is 51.1 Å². The fraction of sp³-hybridized carbons (Fsp3) is 0.294. The van der Waals surface area contributed by atoms with Gasteiger partial charge in [-0.15, -0.1) is 11.8 Å². The van der Waals surface area contributed by atoms with Crippen molar-refractivity contribution in [2.75, 3.05) is 12.4 Å². The number of alkyl carbamates (subject to hydrolysis) is 1. The Morgan fingerprint density at radius 3 is 1.96 bits per heavy atom. The predicted molar refractivity (Wildman–Crippen MR) is 169 cm³/mol. The van der Waals surface area contributed by atoms with Crippen LogP contribution < -0.4 is 10.6 Å². The number of aliphatic hydroxyl groups excluding tert-OH is 1. The zero-order valence-corrected chi connectivity index (χ0v) is 26.0. The summed E-state index contributed by atoms with van der Waals surface area (Å²) in [7, 11) is 0. The Kier molecular flexibility index (Phi) is 9.60. The Labute approximate surface area is 265 Å². The molecule has 3 amide bonds. The third kappa shape index (κ3) is 7.21. The van der Waals surface area contributed by atoms with Crippen LogP contribution in [0.4, 0.5) is 4.79 Å². The summed E-state index contributed by atoms with van der Waals surface area (Å²) in [6.07, 6.45) is -1.54. The van der Waals surface area contributed by atoms with Crippen molar-refractivity contribution < 1.29 is 33.8 Å². The van der Waals surface area contributed by atoms with Crippen LogP contribution in [0.3, 0.4) is 0 Å². The SMILES string of the molecule is CC(C)(C)OC(=O)N[C@H](C(=O)N[C@@H]1C(=O)N2C(C(=O)OC(c3ccccc3)c3ccccc3)=C(CO)CS[C@@H]12)c1ccccc1. The van der Waals surface area contributed by atoms with Gasteiger partial charge < -0.3 is 25.2 Å².